The number of carbonyl (C=O) groups excluding carboxylic acids is 1. The second-order valence-electron chi connectivity index (χ2n) is 6.00. The van der Waals surface area contributed by atoms with Crippen molar-refractivity contribution in [2.45, 2.75) is 6.61 Å². The third-order valence-corrected chi connectivity index (χ3v) is 6.61. The van der Waals surface area contributed by atoms with Gasteiger partial charge in [0.1, 0.15) is 10.9 Å². The van der Waals surface area contributed by atoms with Crippen LogP contribution in [0.4, 0.5) is 0 Å². The van der Waals surface area contributed by atoms with Crippen LogP contribution >= 0.6 is 58.2 Å². The van der Waals surface area contributed by atoms with Crippen LogP contribution in [0.3, 0.4) is 0 Å². The fourth-order valence-electron chi connectivity index (χ4n) is 2.67. The van der Waals surface area contributed by atoms with E-state index in [9.17, 15) is 4.79 Å². The van der Waals surface area contributed by atoms with Crippen LogP contribution in [-0.2, 0) is 11.4 Å². The normalized spacial score (nSPS) is 15.1. The van der Waals surface area contributed by atoms with E-state index in [0.29, 0.717) is 38.9 Å². The van der Waals surface area contributed by atoms with Crippen molar-refractivity contribution < 1.29 is 14.3 Å². The van der Waals surface area contributed by atoms with Gasteiger partial charge in [-0.1, -0.05) is 59.9 Å². The predicted molar refractivity (Wildman–Crippen MR) is 132 cm³/mol. The summed E-state index contributed by atoms with van der Waals surface area (Å²) in [7, 11) is 1.58. The summed E-state index contributed by atoms with van der Waals surface area (Å²) in [5.74, 6) is 1.09. The quantitative estimate of drug-likeness (QED) is 0.183. The average Bonchev–Trinajstić information content (AvgIpc) is 2.95. The Bertz CT molecular complexity index is 1010. The van der Waals surface area contributed by atoms with Crippen LogP contribution < -0.4 is 9.47 Å². The first kappa shape index (κ1) is 22.1. The van der Waals surface area contributed by atoms with Gasteiger partial charge in [0.2, 0.25) is 0 Å². The molecule has 8 heteroatoms. The van der Waals surface area contributed by atoms with E-state index in [1.165, 1.54) is 16.7 Å². The number of amides is 1. The third kappa shape index (κ3) is 5.14. The summed E-state index contributed by atoms with van der Waals surface area (Å²) >= 11 is 15.0. The Morgan fingerprint density at radius 1 is 1.34 bits per heavy atom. The number of benzene rings is 2. The van der Waals surface area contributed by atoms with Crippen molar-refractivity contribution in [1.29, 1.82) is 0 Å². The summed E-state index contributed by atoms with van der Waals surface area (Å²) in [4.78, 5) is 14.6. The van der Waals surface area contributed by atoms with Crippen molar-refractivity contribution in [2.24, 2.45) is 0 Å². The molecule has 0 unspecified atom stereocenters. The lowest BCUT2D eigenvalue weighted by molar-refractivity contribution is -0.121. The number of hydrogen-bond donors (Lipinski definition) is 0. The van der Waals surface area contributed by atoms with Crippen molar-refractivity contribution in [2.75, 3.05) is 13.7 Å². The van der Waals surface area contributed by atoms with Crippen LogP contribution in [0.15, 0.2) is 54.0 Å². The summed E-state index contributed by atoms with van der Waals surface area (Å²) < 4.78 is 12.9. The van der Waals surface area contributed by atoms with E-state index in [0.717, 1.165) is 14.7 Å². The van der Waals surface area contributed by atoms with Gasteiger partial charge in [0.05, 0.1) is 15.6 Å². The predicted octanol–water partition coefficient (Wildman–Crippen LogP) is 5.92. The minimum atomic E-state index is -0.118. The Morgan fingerprint density at radius 2 is 2.10 bits per heavy atom. The topological polar surface area (TPSA) is 38.8 Å². The highest BCUT2D eigenvalue weighted by atomic mass is 127. The number of hydrogen-bond acceptors (Lipinski definition) is 5. The van der Waals surface area contributed by atoms with Gasteiger partial charge in [-0.3, -0.25) is 9.69 Å². The first-order chi connectivity index (χ1) is 13.9. The van der Waals surface area contributed by atoms with Gasteiger partial charge in [0.15, 0.2) is 11.5 Å². The van der Waals surface area contributed by atoms with Gasteiger partial charge in [-0.15, -0.1) is 6.58 Å². The molecule has 0 saturated carbocycles. The molecule has 0 radical (unpaired) electrons. The molecule has 3 rings (SSSR count). The van der Waals surface area contributed by atoms with Crippen LogP contribution in [0, 0.1) is 3.57 Å². The average molecular weight is 558 g/mol. The molecule has 2 aromatic carbocycles. The Labute approximate surface area is 198 Å². The summed E-state index contributed by atoms with van der Waals surface area (Å²) in [5, 5.41) is 0.652. The lowest BCUT2D eigenvalue weighted by Crippen LogP contribution is -2.27. The fourth-order valence-corrected chi connectivity index (χ4v) is 4.91. The number of thiocarbonyl (C=S) groups is 1. The van der Waals surface area contributed by atoms with Crippen molar-refractivity contribution in [1.82, 2.24) is 4.90 Å². The summed E-state index contributed by atoms with van der Waals surface area (Å²) in [5.41, 5.74) is 1.72. The van der Waals surface area contributed by atoms with Gasteiger partial charge >= 0.3 is 0 Å². The Kier molecular flexibility index (Phi) is 7.61. The maximum Gasteiger partial charge on any atom is 0.266 e. The highest BCUT2D eigenvalue weighted by molar-refractivity contribution is 14.1. The molecule has 1 heterocycles. The lowest BCUT2D eigenvalue weighted by Gasteiger charge is -2.14. The van der Waals surface area contributed by atoms with Gasteiger partial charge in [-0.2, -0.15) is 0 Å². The van der Waals surface area contributed by atoms with E-state index in [-0.39, 0.29) is 5.91 Å². The number of rotatable bonds is 7. The largest absolute Gasteiger partial charge is 0.493 e. The number of carbonyl (C=O) groups is 1. The molecule has 1 saturated heterocycles. The molecule has 0 aliphatic carbocycles. The molecule has 2 aromatic rings. The Morgan fingerprint density at radius 3 is 2.79 bits per heavy atom. The van der Waals surface area contributed by atoms with Gasteiger partial charge in [0.25, 0.3) is 5.91 Å². The molecule has 1 aliphatic heterocycles. The van der Waals surface area contributed by atoms with E-state index in [4.69, 9.17) is 33.3 Å². The minimum Gasteiger partial charge on any atom is -0.493 e. The number of nitrogens with zero attached hydrogens (tertiary/aromatic N) is 1. The second-order valence-corrected chi connectivity index (χ2v) is 9.24. The van der Waals surface area contributed by atoms with Crippen molar-refractivity contribution >= 4 is 74.5 Å². The summed E-state index contributed by atoms with van der Waals surface area (Å²) in [6, 6.07) is 11.3. The van der Waals surface area contributed by atoms with E-state index >= 15 is 0 Å². The first-order valence-electron chi connectivity index (χ1n) is 8.54. The molecule has 0 spiro atoms. The Balaban J connectivity index is 1.85. The minimum absolute atomic E-state index is 0.118. The van der Waals surface area contributed by atoms with Crippen molar-refractivity contribution in [3.63, 3.8) is 0 Å². The second kappa shape index (κ2) is 9.97. The molecular formula is C21H17ClINO3S2. The summed E-state index contributed by atoms with van der Waals surface area (Å²) in [6.07, 6.45) is 3.47. The van der Waals surface area contributed by atoms with Crippen LogP contribution in [0.25, 0.3) is 6.08 Å². The smallest absolute Gasteiger partial charge is 0.266 e. The maximum atomic E-state index is 12.5. The highest BCUT2D eigenvalue weighted by Gasteiger charge is 2.31. The molecular weight excluding hydrogens is 541 g/mol. The third-order valence-electron chi connectivity index (χ3n) is 4.06. The van der Waals surface area contributed by atoms with Crippen molar-refractivity contribution in [3.8, 4) is 11.5 Å². The SMILES string of the molecule is C=CCN1C(=O)/C(=C/c2cc(I)c(OCc3ccccc3Cl)c(OC)c2)SC1=S. The molecule has 0 aromatic heterocycles. The fraction of sp³-hybridized carbons (Fsp3) is 0.143. The summed E-state index contributed by atoms with van der Waals surface area (Å²) in [6.45, 7) is 4.39. The number of ether oxygens (including phenoxy) is 2. The molecule has 0 N–H and O–H groups in total. The standard InChI is InChI=1S/C21H17ClINO3S2/c1-3-8-24-20(25)18(29-21(24)28)11-13-9-16(23)19(17(10-13)26-2)27-12-14-6-4-5-7-15(14)22/h3-7,9-11H,1,8,12H2,2H3/b18-11-. The van der Waals surface area contributed by atoms with E-state index in [2.05, 4.69) is 29.2 Å². The molecule has 0 bridgehead atoms. The van der Waals surface area contributed by atoms with Crippen molar-refractivity contribution in [3.05, 3.63) is 73.7 Å². The van der Waals surface area contributed by atoms with Gasteiger partial charge < -0.3 is 9.47 Å². The highest BCUT2D eigenvalue weighted by Crippen LogP contribution is 2.38. The molecule has 0 atom stereocenters. The van der Waals surface area contributed by atoms with Crippen LogP contribution in [0.1, 0.15) is 11.1 Å². The van der Waals surface area contributed by atoms with E-state index in [1.54, 1.807) is 13.2 Å². The number of halogens is 2. The van der Waals surface area contributed by atoms with Gasteiger partial charge in [-0.25, -0.2) is 0 Å². The number of methoxy groups -OCH3 is 1. The zero-order valence-corrected chi connectivity index (χ0v) is 20.0. The monoisotopic (exact) mass is 557 g/mol. The van der Waals surface area contributed by atoms with E-state index in [1.807, 2.05) is 42.5 Å². The van der Waals surface area contributed by atoms with E-state index < -0.39 is 0 Å². The lowest BCUT2D eigenvalue weighted by atomic mass is 10.1. The molecule has 150 valence electrons. The van der Waals surface area contributed by atoms with Gasteiger partial charge in [0, 0.05) is 17.1 Å². The first-order valence-corrected chi connectivity index (χ1v) is 11.2. The number of thioether (sulfide) groups is 1. The molecule has 1 fully saturated rings. The molecule has 29 heavy (non-hydrogen) atoms. The zero-order chi connectivity index (χ0) is 21.0. The van der Waals surface area contributed by atoms with Gasteiger partial charge in [-0.05, 0) is 52.4 Å². The van der Waals surface area contributed by atoms with Crippen LogP contribution in [0.5, 0.6) is 11.5 Å². The molecule has 1 aliphatic rings. The maximum absolute atomic E-state index is 12.5. The Hall–Kier alpha value is -1.55. The van der Waals surface area contributed by atoms with Crippen LogP contribution in [0.2, 0.25) is 5.02 Å². The zero-order valence-electron chi connectivity index (χ0n) is 15.5. The molecule has 4 nitrogen and oxygen atoms in total. The van der Waals surface area contributed by atoms with Crippen LogP contribution in [-0.4, -0.2) is 28.8 Å². The molecule has 1 amide bonds.